The van der Waals surface area contributed by atoms with Gasteiger partial charge in [0.25, 0.3) is 0 Å². The highest BCUT2D eigenvalue weighted by Crippen LogP contribution is 2.41. The second-order valence-corrected chi connectivity index (χ2v) is 13.0. The highest BCUT2D eigenvalue weighted by Gasteiger charge is 2.19. The number of nitrogens with zero attached hydrogens (tertiary/aromatic N) is 2. The van der Waals surface area contributed by atoms with Gasteiger partial charge in [-0.05, 0) is 140 Å². The third-order valence-electron chi connectivity index (χ3n) is 9.91. The van der Waals surface area contributed by atoms with Gasteiger partial charge in [0.2, 0.25) is 0 Å². The maximum absolute atomic E-state index is 5.32. The Morgan fingerprint density at radius 2 is 0.833 bits per heavy atom. The summed E-state index contributed by atoms with van der Waals surface area (Å²) in [5, 5.41) is 12.1. The van der Waals surface area contributed by atoms with Gasteiger partial charge in [-0.25, -0.2) is 9.97 Å². The normalized spacial score (nSPS) is 12.5. The van der Waals surface area contributed by atoms with Crippen molar-refractivity contribution in [3.05, 3.63) is 145 Å². The molecule has 48 heavy (non-hydrogen) atoms. The van der Waals surface area contributed by atoms with Crippen molar-refractivity contribution in [2.75, 3.05) is 0 Å². The number of fused-ring (bicyclic) bond motifs is 18. The summed E-state index contributed by atoms with van der Waals surface area (Å²) in [6, 6.07) is 48.4. The van der Waals surface area contributed by atoms with E-state index in [0.29, 0.717) is 0 Å². The Kier molecular flexibility index (Phi) is 5.08. The Morgan fingerprint density at radius 1 is 0.354 bits per heavy atom. The lowest BCUT2D eigenvalue weighted by Crippen LogP contribution is -1.81. The lowest BCUT2D eigenvalue weighted by molar-refractivity contribution is 1.32. The predicted molar refractivity (Wildman–Crippen MR) is 202 cm³/mol. The summed E-state index contributed by atoms with van der Waals surface area (Å²) in [5.74, 6) is 0. The van der Waals surface area contributed by atoms with Crippen LogP contribution in [0.1, 0.15) is 11.4 Å². The maximum Gasteiger partial charge on any atom is 0.0737 e. The molecule has 4 nitrogen and oxygen atoms in total. The zero-order valence-electron chi connectivity index (χ0n) is 25.8. The quantitative estimate of drug-likeness (QED) is 0.168. The largest absolute Gasteiger partial charge is 0.355 e. The van der Waals surface area contributed by atoms with E-state index in [1.165, 1.54) is 43.1 Å². The average Bonchev–Trinajstić information content (AvgIpc) is 3.89. The van der Waals surface area contributed by atoms with Crippen LogP contribution in [0, 0.1) is 0 Å². The van der Waals surface area contributed by atoms with Crippen LogP contribution >= 0.6 is 0 Å². The summed E-state index contributed by atoms with van der Waals surface area (Å²) in [4.78, 5) is 17.6. The molecule has 5 heterocycles. The van der Waals surface area contributed by atoms with Crippen molar-refractivity contribution >= 4 is 88.1 Å². The van der Waals surface area contributed by atoms with E-state index >= 15 is 0 Å². The standard InChI is InChI=1S/C44H26N4/c1-3-7-27-15-31-19-39-37(17-29(31)13-25(27)5-1)41-22-35-11-9-33(45-35)21-34-10-12-36(46-34)23-42-38-18-30-14-26-6-2-4-8-28(26)16-32(30)20-40(38)44(48-42)24-43(39)47-41/h1-24,45,48H. The van der Waals surface area contributed by atoms with Gasteiger partial charge in [0, 0.05) is 44.0 Å². The van der Waals surface area contributed by atoms with Crippen LogP contribution in [0.5, 0.6) is 0 Å². The van der Waals surface area contributed by atoms with Crippen LogP contribution < -0.4 is 0 Å². The topological polar surface area (TPSA) is 57.4 Å². The first-order valence-corrected chi connectivity index (χ1v) is 16.3. The Bertz CT molecular complexity index is 3070. The molecule has 3 aromatic heterocycles. The van der Waals surface area contributed by atoms with E-state index in [0.717, 1.165) is 66.7 Å². The first kappa shape index (κ1) is 25.6. The molecule has 222 valence electrons. The van der Waals surface area contributed by atoms with E-state index < -0.39 is 0 Å². The third-order valence-corrected chi connectivity index (χ3v) is 9.91. The zero-order valence-corrected chi connectivity index (χ0v) is 25.8. The zero-order chi connectivity index (χ0) is 31.3. The van der Waals surface area contributed by atoms with Crippen LogP contribution in [0.4, 0.5) is 0 Å². The molecule has 8 bridgehead atoms. The van der Waals surface area contributed by atoms with Crippen LogP contribution in [0.2, 0.25) is 0 Å². The Morgan fingerprint density at radius 3 is 1.42 bits per heavy atom. The van der Waals surface area contributed by atoms with Gasteiger partial charge in [-0.3, -0.25) is 0 Å². The smallest absolute Gasteiger partial charge is 0.0737 e. The van der Waals surface area contributed by atoms with Crippen molar-refractivity contribution in [2.24, 2.45) is 0 Å². The molecule has 0 radical (unpaired) electrons. The maximum atomic E-state index is 5.32. The summed E-state index contributed by atoms with van der Waals surface area (Å²) in [6.07, 6.45) is 4.15. The molecule has 9 aromatic rings. The van der Waals surface area contributed by atoms with Crippen molar-refractivity contribution in [1.29, 1.82) is 0 Å². The molecule has 2 aliphatic rings. The summed E-state index contributed by atoms with van der Waals surface area (Å²) in [7, 11) is 0. The molecule has 0 unspecified atom stereocenters. The van der Waals surface area contributed by atoms with Gasteiger partial charge in [0.15, 0.2) is 0 Å². The summed E-state index contributed by atoms with van der Waals surface area (Å²) < 4.78 is 0. The Labute approximate surface area is 274 Å². The number of benzene rings is 6. The summed E-state index contributed by atoms with van der Waals surface area (Å²) in [6.45, 7) is 0. The van der Waals surface area contributed by atoms with Gasteiger partial charge in [0.05, 0.1) is 22.8 Å². The van der Waals surface area contributed by atoms with E-state index in [4.69, 9.17) is 9.97 Å². The number of nitrogens with one attached hydrogen (secondary N) is 2. The first-order chi connectivity index (χ1) is 23.7. The molecule has 0 spiro atoms. The average molecular weight is 611 g/mol. The molecule has 2 aliphatic heterocycles. The van der Waals surface area contributed by atoms with Gasteiger partial charge in [-0.15, -0.1) is 0 Å². The molecule has 2 N–H and O–H groups in total. The monoisotopic (exact) mass is 610 g/mol. The molecular formula is C44H26N4. The SMILES string of the molecule is C1=Cc2cc3[nH]c(cc4nc(cc5ccc(cc1n2)[nH]5)-c1cc2cc5ccccc5cc2cc1-4)c1cc2cc4ccccc4cc2cc31. The van der Waals surface area contributed by atoms with E-state index in [1.807, 2.05) is 0 Å². The molecule has 0 aliphatic carbocycles. The van der Waals surface area contributed by atoms with Crippen molar-refractivity contribution in [3.63, 3.8) is 0 Å². The molecule has 4 heteroatoms. The molecule has 11 rings (SSSR count). The Hall–Kier alpha value is -6.52. The van der Waals surface area contributed by atoms with Crippen molar-refractivity contribution in [1.82, 2.24) is 19.9 Å². The number of aromatic nitrogens is 4. The molecule has 0 amide bonds. The Balaban J connectivity index is 1.27. The fourth-order valence-corrected chi connectivity index (χ4v) is 7.58. The fourth-order valence-electron chi connectivity index (χ4n) is 7.58. The van der Waals surface area contributed by atoms with Crippen LogP contribution in [0.25, 0.3) is 111 Å². The number of hydrogen-bond donors (Lipinski definition) is 2. The first-order valence-electron chi connectivity index (χ1n) is 16.3. The molecule has 6 aromatic carbocycles. The fraction of sp³-hybridized carbons (Fsp3) is 0. The number of aromatic amines is 2. The van der Waals surface area contributed by atoms with Gasteiger partial charge in [-0.2, -0.15) is 0 Å². The number of rotatable bonds is 0. The second kappa shape index (κ2) is 9.50. The van der Waals surface area contributed by atoms with Gasteiger partial charge in [-0.1, -0.05) is 48.5 Å². The van der Waals surface area contributed by atoms with E-state index in [2.05, 4.69) is 156 Å². The molecule has 0 atom stereocenters. The third kappa shape index (κ3) is 3.96. The van der Waals surface area contributed by atoms with Crippen molar-refractivity contribution in [3.8, 4) is 22.5 Å². The van der Waals surface area contributed by atoms with Crippen LogP contribution in [-0.2, 0) is 0 Å². The minimum Gasteiger partial charge on any atom is -0.355 e. The number of H-pyrrole nitrogens is 2. The predicted octanol–water partition coefficient (Wildman–Crippen LogP) is 11.6. The highest BCUT2D eigenvalue weighted by atomic mass is 14.8. The molecule has 0 fully saturated rings. The lowest BCUT2D eigenvalue weighted by atomic mass is 9.96. The summed E-state index contributed by atoms with van der Waals surface area (Å²) in [5.41, 5.74) is 10.1. The molecular weight excluding hydrogens is 585 g/mol. The van der Waals surface area contributed by atoms with Crippen LogP contribution in [-0.4, -0.2) is 19.9 Å². The van der Waals surface area contributed by atoms with Gasteiger partial charge >= 0.3 is 0 Å². The van der Waals surface area contributed by atoms with E-state index in [-0.39, 0.29) is 0 Å². The van der Waals surface area contributed by atoms with E-state index in [9.17, 15) is 0 Å². The second-order valence-electron chi connectivity index (χ2n) is 13.0. The highest BCUT2D eigenvalue weighted by molar-refractivity contribution is 6.15. The minimum absolute atomic E-state index is 0.915. The van der Waals surface area contributed by atoms with Gasteiger partial charge < -0.3 is 9.97 Å². The van der Waals surface area contributed by atoms with Gasteiger partial charge in [0.1, 0.15) is 0 Å². The molecule has 0 saturated heterocycles. The van der Waals surface area contributed by atoms with Crippen LogP contribution in [0.3, 0.4) is 0 Å². The van der Waals surface area contributed by atoms with Crippen molar-refractivity contribution in [2.45, 2.75) is 0 Å². The van der Waals surface area contributed by atoms with Crippen molar-refractivity contribution < 1.29 is 0 Å². The molecule has 0 saturated carbocycles. The minimum atomic E-state index is 0.915. The van der Waals surface area contributed by atoms with E-state index in [1.54, 1.807) is 0 Å². The van der Waals surface area contributed by atoms with Crippen LogP contribution in [0.15, 0.2) is 133 Å². The summed E-state index contributed by atoms with van der Waals surface area (Å²) >= 11 is 0. The lowest BCUT2D eigenvalue weighted by Gasteiger charge is -2.06. The number of hydrogen-bond acceptors (Lipinski definition) is 2.